The Morgan fingerprint density at radius 1 is 0.221 bits per heavy atom. The van der Waals surface area contributed by atoms with Gasteiger partial charge in [-0.2, -0.15) is 0 Å². The van der Waals surface area contributed by atoms with E-state index in [1.54, 1.807) is 0 Å². The van der Waals surface area contributed by atoms with Gasteiger partial charge in [-0.3, -0.25) is 0 Å². The van der Waals surface area contributed by atoms with Gasteiger partial charge in [-0.25, -0.2) is 0 Å². The van der Waals surface area contributed by atoms with Crippen LogP contribution in [-0.2, 0) is 10.8 Å². The van der Waals surface area contributed by atoms with Gasteiger partial charge in [0, 0.05) is 45.0 Å². The van der Waals surface area contributed by atoms with Crippen LogP contribution in [0.3, 0.4) is 0 Å². The third-order valence-electron chi connectivity index (χ3n) is 14.7. The molecule has 0 aliphatic heterocycles. The predicted molar refractivity (Wildman–Crippen MR) is 287 cm³/mol. The zero-order valence-electron chi connectivity index (χ0n) is 39.0. The highest BCUT2D eigenvalue weighted by molar-refractivity contribution is 5.89. The average molecular weight is 873 g/mol. The second kappa shape index (κ2) is 16.3. The number of hydrogen-bond donors (Lipinski definition) is 0. The molecule has 68 heavy (non-hydrogen) atoms. The molecule has 2 nitrogen and oxygen atoms in total. The molecule has 0 heterocycles. The van der Waals surface area contributed by atoms with Crippen molar-refractivity contribution in [2.45, 2.75) is 38.5 Å². The molecule has 2 aliphatic carbocycles. The zero-order valence-corrected chi connectivity index (χ0v) is 39.0. The number of benzene rings is 10. The molecule has 2 aliphatic rings. The first kappa shape index (κ1) is 41.2. The Balaban J connectivity index is 0.819. The second-order valence-electron chi connectivity index (χ2n) is 19.4. The van der Waals surface area contributed by atoms with E-state index in [9.17, 15) is 0 Å². The topological polar surface area (TPSA) is 6.48 Å². The standard InChI is InChI=1S/C66H52N2/c1-65(2)61-27-13-11-25-57(61)59-39-37-55(43-63(59)65)67(51-19-7-5-8-20-51)53-23-15-17-49(41-53)47-33-29-45(30-34-47)46-31-35-48(36-32-46)50-18-16-24-54(42-50)68(52-21-9-6-10-22-52)56-38-40-60-58-26-12-14-28-62(58)66(3,4)64(60)44-56/h5-44H,1-4H3. The van der Waals surface area contributed by atoms with Gasteiger partial charge in [0.1, 0.15) is 0 Å². The van der Waals surface area contributed by atoms with Crippen molar-refractivity contribution >= 4 is 34.1 Å². The Labute approximate surface area is 401 Å². The van der Waals surface area contributed by atoms with Crippen LogP contribution in [0.1, 0.15) is 49.9 Å². The smallest absolute Gasteiger partial charge is 0.0467 e. The molecule has 0 unspecified atom stereocenters. The van der Waals surface area contributed by atoms with Crippen LogP contribution in [0.4, 0.5) is 34.1 Å². The number of rotatable bonds is 9. The fourth-order valence-electron chi connectivity index (χ4n) is 11.1. The molecular formula is C66H52N2. The number of nitrogens with zero attached hydrogens (tertiary/aromatic N) is 2. The fraction of sp³-hybridized carbons (Fsp3) is 0.0909. The van der Waals surface area contributed by atoms with E-state index < -0.39 is 0 Å². The summed E-state index contributed by atoms with van der Waals surface area (Å²) in [4.78, 5) is 4.78. The van der Waals surface area contributed by atoms with Gasteiger partial charge in [-0.05, 0) is 151 Å². The van der Waals surface area contributed by atoms with Crippen molar-refractivity contribution in [2.75, 3.05) is 9.80 Å². The summed E-state index contributed by atoms with van der Waals surface area (Å²) in [6, 6.07) is 89.1. The Morgan fingerprint density at radius 3 is 0.926 bits per heavy atom. The minimum Gasteiger partial charge on any atom is -0.310 e. The Bertz CT molecular complexity index is 3260. The van der Waals surface area contributed by atoms with Crippen LogP contribution < -0.4 is 9.80 Å². The van der Waals surface area contributed by atoms with E-state index in [2.05, 4.69) is 280 Å². The largest absolute Gasteiger partial charge is 0.310 e. The molecular weight excluding hydrogens is 821 g/mol. The maximum Gasteiger partial charge on any atom is 0.0467 e. The van der Waals surface area contributed by atoms with Crippen molar-refractivity contribution in [2.24, 2.45) is 0 Å². The second-order valence-corrected chi connectivity index (χ2v) is 19.4. The zero-order chi connectivity index (χ0) is 46.0. The lowest BCUT2D eigenvalue weighted by Crippen LogP contribution is -2.16. The van der Waals surface area contributed by atoms with E-state index in [1.165, 1.54) is 77.9 Å². The van der Waals surface area contributed by atoms with E-state index in [0.717, 1.165) is 34.1 Å². The molecule has 0 spiro atoms. The number of fused-ring (bicyclic) bond motifs is 6. The van der Waals surface area contributed by atoms with Crippen LogP contribution in [0.15, 0.2) is 243 Å². The maximum atomic E-state index is 2.40. The van der Waals surface area contributed by atoms with E-state index >= 15 is 0 Å². The summed E-state index contributed by atoms with van der Waals surface area (Å²) in [5, 5.41) is 0. The van der Waals surface area contributed by atoms with Gasteiger partial charge in [-0.15, -0.1) is 0 Å². The molecule has 326 valence electrons. The molecule has 10 aromatic rings. The first-order chi connectivity index (χ1) is 33.2. The van der Waals surface area contributed by atoms with Crippen molar-refractivity contribution in [3.63, 3.8) is 0 Å². The fourth-order valence-corrected chi connectivity index (χ4v) is 11.1. The average Bonchev–Trinajstić information content (AvgIpc) is 3.76. The quantitative estimate of drug-likeness (QED) is 0.143. The van der Waals surface area contributed by atoms with Gasteiger partial charge in [-0.1, -0.05) is 198 Å². The van der Waals surface area contributed by atoms with Gasteiger partial charge in [0.2, 0.25) is 0 Å². The minimum absolute atomic E-state index is 0.0839. The highest BCUT2D eigenvalue weighted by Gasteiger charge is 2.37. The molecule has 12 rings (SSSR count). The van der Waals surface area contributed by atoms with Gasteiger partial charge in [0.25, 0.3) is 0 Å². The highest BCUT2D eigenvalue weighted by atomic mass is 15.1. The monoisotopic (exact) mass is 872 g/mol. The van der Waals surface area contributed by atoms with E-state index in [-0.39, 0.29) is 10.8 Å². The van der Waals surface area contributed by atoms with Crippen molar-refractivity contribution in [3.8, 4) is 55.6 Å². The van der Waals surface area contributed by atoms with Crippen LogP contribution in [0, 0.1) is 0 Å². The first-order valence-electron chi connectivity index (χ1n) is 23.8. The van der Waals surface area contributed by atoms with Gasteiger partial charge in [0.05, 0.1) is 0 Å². The van der Waals surface area contributed by atoms with Crippen LogP contribution in [0.5, 0.6) is 0 Å². The molecule has 0 radical (unpaired) electrons. The molecule has 0 saturated carbocycles. The van der Waals surface area contributed by atoms with Crippen molar-refractivity contribution < 1.29 is 0 Å². The van der Waals surface area contributed by atoms with E-state index in [4.69, 9.17) is 0 Å². The SMILES string of the molecule is CC1(C)c2ccccc2-c2ccc(N(c3ccccc3)c3cccc(-c4ccc(-c5ccc(-c6cccc(N(c7ccccc7)c7ccc8c(c7)C(C)(C)c7ccccc7-8)c6)cc5)cc4)c3)cc21. The van der Waals surface area contributed by atoms with Crippen molar-refractivity contribution in [3.05, 3.63) is 265 Å². The summed E-state index contributed by atoms with van der Waals surface area (Å²) in [7, 11) is 0. The molecule has 2 heteroatoms. The highest BCUT2D eigenvalue weighted by Crippen LogP contribution is 2.52. The lowest BCUT2D eigenvalue weighted by Gasteiger charge is -2.28. The molecule has 10 aromatic carbocycles. The van der Waals surface area contributed by atoms with Crippen LogP contribution in [0.2, 0.25) is 0 Å². The first-order valence-corrected chi connectivity index (χ1v) is 23.8. The molecule has 0 bridgehead atoms. The molecule has 0 N–H and O–H groups in total. The van der Waals surface area contributed by atoms with Gasteiger partial charge in [0.15, 0.2) is 0 Å². The molecule has 0 fully saturated rings. The maximum absolute atomic E-state index is 2.40. The third-order valence-corrected chi connectivity index (χ3v) is 14.7. The summed E-state index contributed by atoms with van der Waals surface area (Å²) in [5.74, 6) is 0. The molecule has 0 amide bonds. The number of para-hydroxylation sites is 2. The molecule has 0 atom stereocenters. The molecule has 0 saturated heterocycles. The van der Waals surface area contributed by atoms with Crippen LogP contribution in [0.25, 0.3) is 55.6 Å². The normalized spacial score (nSPS) is 13.5. The van der Waals surface area contributed by atoms with E-state index in [1.807, 2.05) is 0 Å². The summed E-state index contributed by atoms with van der Waals surface area (Å²) >= 11 is 0. The van der Waals surface area contributed by atoms with Gasteiger partial charge >= 0.3 is 0 Å². The van der Waals surface area contributed by atoms with E-state index in [0.29, 0.717) is 0 Å². The minimum atomic E-state index is -0.0839. The summed E-state index contributed by atoms with van der Waals surface area (Å²) in [6.07, 6.45) is 0. The predicted octanol–water partition coefficient (Wildman–Crippen LogP) is 18.2. The third kappa shape index (κ3) is 6.95. The summed E-state index contributed by atoms with van der Waals surface area (Å²) in [6.45, 7) is 9.40. The summed E-state index contributed by atoms with van der Waals surface area (Å²) < 4.78 is 0. The Morgan fingerprint density at radius 2 is 0.529 bits per heavy atom. The Kier molecular flexibility index (Phi) is 9.88. The lowest BCUT2D eigenvalue weighted by molar-refractivity contribution is 0.660. The Hall–Kier alpha value is -8.20. The summed E-state index contributed by atoms with van der Waals surface area (Å²) in [5.41, 5.74) is 24.6. The number of hydrogen-bond acceptors (Lipinski definition) is 2. The number of anilines is 6. The molecule has 0 aromatic heterocycles. The van der Waals surface area contributed by atoms with Crippen molar-refractivity contribution in [1.82, 2.24) is 0 Å². The van der Waals surface area contributed by atoms with Crippen molar-refractivity contribution in [1.29, 1.82) is 0 Å². The van der Waals surface area contributed by atoms with Crippen LogP contribution >= 0.6 is 0 Å². The lowest BCUT2D eigenvalue weighted by atomic mass is 9.82. The van der Waals surface area contributed by atoms with Gasteiger partial charge < -0.3 is 9.80 Å². The van der Waals surface area contributed by atoms with Crippen LogP contribution in [-0.4, -0.2) is 0 Å².